The Kier molecular flexibility index (Phi) is 6.32. The predicted octanol–water partition coefficient (Wildman–Crippen LogP) is 3.63. The van der Waals surface area contributed by atoms with Gasteiger partial charge in [-0.25, -0.2) is 9.97 Å². The molecule has 1 aromatic carbocycles. The van der Waals surface area contributed by atoms with Crippen LogP contribution in [0.5, 0.6) is 11.5 Å². The van der Waals surface area contributed by atoms with Crippen LogP contribution in [0.15, 0.2) is 36.5 Å². The molecule has 8 heteroatoms. The molecule has 2 aromatic heterocycles. The van der Waals surface area contributed by atoms with Crippen molar-refractivity contribution in [1.29, 1.82) is 0 Å². The van der Waals surface area contributed by atoms with Gasteiger partial charge in [0.05, 0.1) is 19.6 Å². The van der Waals surface area contributed by atoms with Crippen molar-refractivity contribution in [2.24, 2.45) is 5.92 Å². The van der Waals surface area contributed by atoms with Gasteiger partial charge in [0.2, 0.25) is 5.91 Å². The molecule has 3 aromatic rings. The van der Waals surface area contributed by atoms with Crippen molar-refractivity contribution < 1.29 is 14.3 Å². The molecule has 0 radical (unpaired) electrons. The number of rotatable bonds is 7. The number of hydrogen-bond acceptors (Lipinski definition) is 7. The van der Waals surface area contributed by atoms with Crippen LogP contribution in [0.1, 0.15) is 25.3 Å². The zero-order valence-electron chi connectivity index (χ0n) is 17.3. The van der Waals surface area contributed by atoms with Gasteiger partial charge in [0, 0.05) is 25.8 Å². The number of amides is 1. The number of anilines is 1. The minimum absolute atomic E-state index is 0.0525. The molecule has 0 unspecified atom stereocenters. The number of piperidine rings is 1. The molecule has 1 aliphatic rings. The highest BCUT2D eigenvalue weighted by Crippen LogP contribution is 2.31. The Balaban J connectivity index is 1.38. The van der Waals surface area contributed by atoms with E-state index in [1.54, 1.807) is 24.6 Å². The van der Waals surface area contributed by atoms with Gasteiger partial charge in [-0.15, -0.1) is 0 Å². The van der Waals surface area contributed by atoms with Crippen LogP contribution in [0.4, 0.5) is 5.13 Å². The predicted molar refractivity (Wildman–Crippen MR) is 118 cm³/mol. The summed E-state index contributed by atoms with van der Waals surface area (Å²) in [6.07, 6.45) is 3.64. The molecule has 0 spiro atoms. The van der Waals surface area contributed by atoms with Gasteiger partial charge in [-0.2, -0.15) is 0 Å². The van der Waals surface area contributed by atoms with E-state index in [-0.39, 0.29) is 11.8 Å². The molecule has 158 valence electrons. The number of benzene rings is 1. The van der Waals surface area contributed by atoms with Crippen LogP contribution in [-0.4, -0.2) is 42.7 Å². The zero-order chi connectivity index (χ0) is 20.9. The minimum atomic E-state index is -0.0525. The van der Waals surface area contributed by atoms with Crippen molar-refractivity contribution >= 4 is 32.7 Å². The molecule has 1 aliphatic heterocycles. The van der Waals surface area contributed by atoms with E-state index in [2.05, 4.69) is 15.2 Å². The van der Waals surface area contributed by atoms with Crippen LogP contribution in [-0.2, 0) is 11.3 Å². The van der Waals surface area contributed by atoms with Crippen LogP contribution in [0, 0.1) is 5.92 Å². The second kappa shape index (κ2) is 9.30. The first-order chi connectivity index (χ1) is 14.7. The molecule has 1 atom stereocenters. The molecule has 7 nitrogen and oxygen atoms in total. The van der Waals surface area contributed by atoms with E-state index in [9.17, 15) is 4.79 Å². The molecule has 3 heterocycles. The normalized spacial score (nSPS) is 16.5. The minimum Gasteiger partial charge on any atom is -0.493 e. The molecule has 1 N–H and O–H groups in total. The monoisotopic (exact) mass is 426 g/mol. The summed E-state index contributed by atoms with van der Waals surface area (Å²) in [6.45, 7) is 4.55. The maximum atomic E-state index is 12.8. The summed E-state index contributed by atoms with van der Waals surface area (Å²) < 4.78 is 10.9. The fourth-order valence-electron chi connectivity index (χ4n) is 3.69. The SMILES string of the molecule is CCOc1cc(CNC(=O)[C@H]2CCCN(c3nc4cccnc4s3)C2)ccc1OC. The Morgan fingerprint density at radius 1 is 1.33 bits per heavy atom. The van der Waals surface area contributed by atoms with E-state index in [4.69, 9.17) is 14.5 Å². The van der Waals surface area contributed by atoms with Crippen molar-refractivity contribution in [3.63, 3.8) is 0 Å². The molecule has 0 saturated carbocycles. The van der Waals surface area contributed by atoms with Crippen molar-refractivity contribution in [3.05, 3.63) is 42.1 Å². The van der Waals surface area contributed by atoms with Crippen molar-refractivity contribution in [2.45, 2.75) is 26.3 Å². The van der Waals surface area contributed by atoms with Gasteiger partial charge in [0.25, 0.3) is 0 Å². The van der Waals surface area contributed by atoms with Crippen LogP contribution >= 0.6 is 11.3 Å². The molecule has 1 fully saturated rings. The fraction of sp³-hybridized carbons (Fsp3) is 0.409. The van der Waals surface area contributed by atoms with Crippen LogP contribution in [0.3, 0.4) is 0 Å². The average Bonchev–Trinajstić information content (AvgIpc) is 3.22. The molecule has 0 bridgehead atoms. The van der Waals surface area contributed by atoms with Gasteiger partial charge in [-0.1, -0.05) is 17.4 Å². The number of carbonyl (C=O) groups is 1. The number of pyridine rings is 1. The Morgan fingerprint density at radius 2 is 2.23 bits per heavy atom. The Labute approximate surface area is 180 Å². The molecular formula is C22H26N4O3S. The summed E-state index contributed by atoms with van der Waals surface area (Å²) >= 11 is 1.58. The summed E-state index contributed by atoms with van der Waals surface area (Å²) in [5, 5.41) is 4.03. The van der Waals surface area contributed by atoms with Gasteiger partial charge in [0.15, 0.2) is 16.6 Å². The first-order valence-electron chi connectivity index (χ1n) is 10.2. The van der Waals surface area contributed by atoms with E-state index in [1.165, 1.54) is 0 Å². The highest BCUT2D eigenvalue weighted by molar-refractivity contribution is 7.21. The molecule has 30 heavy (non-hydrogen) atoms. The largest absolute Gasteiger partial charge is 0.493 e. The number of carbonyl (C=O) groups excluding carboxylic acids is 1. The first-order valence-corrected chi connectivity index (χ1v) is 11.0. The van der Waals surface area contributed by atoms with Crippen LogP contribution in [0.25, 0.3) is 10.3 Å². The number of hydrogen-bond donors (Lipinski definition) is 1. The second-order valence-corrected chi connectivity index (χ2v) is 8.20. The standard InChI is InChI=1S/C22H26N4O3S/c1-3-29-19-12-15(8-9-18(19)28-2)13-24-20(27)16-6-5-11-26(14-16)22-25-17-7-4-10-23-21(17)30-22/h4,7-10,12,16H,3,5-6,11,13-14H2,1-2H3,(H,24,27)/t16-/m0/s1. The lowest BCUT2D eigenvalue weighted by atomic mass is 9.97. The quantitative estimate of drug-likeness (QED) is 0.622. The Bertz CT molecular complexity index is 990. The zero-order valence-corrected chi connectivity index (χ0v) is 18.1. The molecule has 0 aliphatic carbocycles. The highest BCUT2D eigenvalue weighted by Gasteiger charge is 2.27. The maximum Gasteiger partial charge on any atom is 0.225 e. The van der Waals surface area contributed by atoms with E-state index in [1.807, 2.05) is 37.3 Å². The van der Waals surface area contributed by atoms with Crippen molar-refractivity contribution in [2.75, 3.05) is 31.7 Å². The highest BCUT2D eigenvalue weighted by atomic mass is 32.1. The van der Waals surface area contributed by atoms with E-state index < -0.39 is 0 Å². The number of fused-ring (bicyclic) bond motifs is 1. The summed E-state index contributed by atoms with van der Waals surface area (Å²) in [6, 6.07) is 9.61. The number of nitrogens with one attached hydrogen (secondary N) is 1. The lowest BCUT2D eigenvalue weighted by Crippen LogP contribution is -2.42. The van der Waals surface area contributed by atoms with Gasteiger partial charge in [-0.3, -0.25) is 4.79 Å². The molecule has 1 saturated heterocycles. The summed E-state index contributed by atoms with van der Waals surface area (Å²) in [7, 11) is 1.62. The van der Waals surface area contributed by atoms with Gasteiger partial charge in [-0.05, 0) is 49.6 Å². The summed E-state index contributed by atoms with van der Waals surface area (Å²) in [4.78, 5) is 25.0. The van der Waals surface area contributed by atoms with Crippen LogP contribution in [0.2, 0.25) is 0 Å². The van der Waals surface area contributed by atoms with Crippen molar-refractivity contribution in [1.82, 2.24) is 15.3 Å². The molecule has 4 rings (SSSR count). The number of aromatic nitrogens is 2. The van der Waals surface area contributed by atoms with Crippen molar-refractivity contribution in [3.8, 4) is 11.5 Å². The average molecular weight is 427 g/mol. The lowest BCUT2D eigenvalue weighted by Gasteiger charge is -2.31. The summed E-state index contributed by atoms with van der Waals surface area (Å²) in [5.41, 5.74) is 1.89. The number of nitrogens with zero attached hydrogens (tertiary/aromatic N) is 3. The van der Waals surface area contributed by atoms with E-state index >= 15 is 0 Å². The third-order valence-electron chi connectivity index (χ3n) is 5.21. The van der Waals surface area contributed by atoms with Gasteiger partial charge < -0.3 is 19.7 Å². The Morgan fingerprint density at radius 3 is 3.03 bits per heavy atom. The van der Waals surface area contributed by atoms with E-state index in [0.29, 0.717) is 31.2 Å². The number of thiazole rings is 1. The van der Waals surface area contributed by atoms with Crippen LogP contribution < -0.4 is 19.7 Å². The molecular weight excluding hydrogens is 400 g/mol. The maximum absolute atomic E-state index is 12.8. The van der Waals surface area contributed by atoms with E-state index in [0.717, 1.165) is 40.4 Å². The van der Waals surface area contributed by atoms with Gasteiger partial charge >= 0.3 is 0 Å². The number of methoxy groups -OCH3 is 1. The first kappa shape index (κ1) is 20.4. The molecule has 1 amide bonds. The third-order valence-corrected chi connectivity index (χ3v) is 6.25. The van der Waals surface area contributed by atoms with Gasteiger partial charge in [0.1, 0.15) is 10.3 Å². The lowest BCUT2D eigenvalue weighted by molar-refractivity contribution is -0.125. The number of ether oxygens (including phenoxy) is 2. The Hall–Kier alpha value is -2.87. The summed E-state index contributed by atoms with van der Waals surface area (Å²) in [5.74, 6) is 1.41. The second-order valence-electron chi connectivity index (χ2n) is 7.25. The fourth-order valence-corrected chi connectivity index (χ4v) is 4.64. The smallest absolute Gasteiger partial charge is 0.225 e. The topological polar surface area (TPSA) is 76.6 Å². The third kappa shape index (κ3) is 4.48.